The fourth-order valence-corrected chi connectivity index (χ4v) is 1.92. The molecule has 0 fully saturated rings. The first-order valence-electron chi connectivity index (χ1n) is 6.40. The summed E-state index contributed by atoms with van der Waals surface area (Å²) in [6, 6.07) is 5.79. The first-order valence-corrected chi connectivity index (χ1v) is 6.40. The molecule has 1 aromatic carbocycles. The van der Waals surface area contributed by atoms with Crippen LogP contribution in [0.2, 0.25) is 0 Å². The minimum Gasteiger partial charge on any atom is -0.397 e. The molecular formula is C15H15F2N3O. The second-order valence-corrected chi connectivity index (χ2v) is 4.71. The van der Waals surface area contributed by atoms with Crippen LogP contribution in [0.4, 0.5) is 14.5 Å². The molecule has 0 saturated carbocycles. The van der Waals surface area contributed by atoms with Crippen molar-refractivity contribution >= 4 is 11.6 Å². The zero-order valence-electron chi connectivity index (χ0n) is 11.4. The van der Waals surface area contributed by atoms with Crippen molar-refractivity contribution in [1.82, 2.24) is 10.3 Å². The molecule has 1 heterocycles. The number of nitrogens with two attached hydrogens (primary N) is 1. The molecule has 0 aliphatic rings. The van der Waals surface area contributed by atoms with Crippen molar-refractivity contribution in [3.63, 3.8) is 0 Å². The van der Waals surface area contributed by atoms with Crippen molar-refractivity contribution < 1.29 is 13.6 Å². The van der Waals surface area contributed by atoms with Crippen molar-refractivity contribution in [1.29, 1.82) is 0 Å². The lowest BCUT2D eigenvalue weighted by atomic mass is 10.1. The molecule has 2 aromatic rings. The number of nitrogens with zero attached hydrogens (tertiary/aromatic N) is 1. The molecule has 0 bridgehead atoms. The van der Waals surface area contributed by atoms with E-state index >= 15 is 0 Å². The summed E-state index contributed by atoms with van der Waals surface area (Å²) in [6.07, 6.45) is 1.50. The Bertz CT molecular complexity index is 644. The SMILES string of the molecule is CC(NC(=O)Cc1ccc(N)cn1)c1cc(F)ccc1F. The predicted molar refractivity (Wildman–Crippen MR) is 75.3 cm³/mol. The molecule has 6 heteroatoms. The Morgan fingerprint density at radius 1 is 1.33 bits per heavy atom. The Labute approximate surface area is 121 Å². The summed E-state index contributed by atoms with van der Waals surface area (Å²) in [4.78, 5) is 15.9. The van der Waals surface area contributed by atoms with Gasteiger partial charge in [-0.25, -0.2) is 8.78 Å². The summed E-state index contributed by atoms with van der Waals surface area (Å²) in [5.41, 5.74) is 6.67. The third-order valence-corrected chi connectivity index (χ3v) is 2.99. The van der Waals surface area contributed by atoms with Gasteiger partial charge in [0, 0.05) is 11.3 Å². The van der Waals surface area contributed by atoms with Gasteiger partial charge in [-0.15, -0.1) is 0 Å². The van der Waals surface area contributed by atoms with Gasteiger partial charge in [0.1, 0.15) is 11.6 Å². The zero-order chi connectivity index (χ0) is 15.4. The number of nitrogen functional groups attached to an aromatic ring is 1. The molecule has 3 N–H and O–H groups in total. The maximum Gasteiger partial charge on any atom is 0.226 e. The van der Waals surface area contributed by atoms with E-state index < -0.39 is 17.7 Å². The third kappa shape index (κ3) is 3.98. The van der Waals surface area contributed by atoms with E-state index in [1.54, 1.807) is 19.1 Å². The molecule has 1 amide bonds. The Balaban J connectivity index is 2.01. The van der Waals surface area contributed by atoms with Crippen molar-refractivity contribution in [3.8, 4) is 0 Å². The van der Waals surface area contributed by atoms with Gasteiger partial charge in [-0.05, 0) is 37.3 Å². The summed E-state index contributed by atoms with van der Waals surface area (Å²) in [7, 11) is 0. The number of pyridine rings is 1. The highest BCUT2D eigenvalue weighted by atomic mass is 19.1. The minimum atomic E-state index is -0.637. The van der Waals surface area contributed by atoms with Crippen LogP contribution >= 0.6 is 0 Å². The molecule has 0 radical (unpaired) electrons. The highest BCUT2D eigenvalue weighted by molar-refractivity contribution is 5.78. The van der Waals surface area contributed by atoms with Crippen LogP contribution in [0.25, 0.3) is 0 Å². The van der Waals surface area contributed by atoms with Gasteiger partial charge in [0.05, 0.1) is 24.3 Å². The molecule has 4 nitrogen and oxygen atoms in total. The maximum absolute atomic E-state index is 13.6. The standard InChI is InChI=1S/C15H15F2N3O/c1-9(13-6-10(16)2-5-14(13)17)20-15(21)7-12-4-3-11(18)8-19-12/h2-6,8-9H,7,18H2,1H3,(H,20,21). The Hall–Kier alpha value is -2.50. The molecule has 110 valence electrons. The molecule has 1 atom stereocenters. The van der Waals surface area contributed by atoms with Crippen molar-refractivity contribution in [2.75, 3.05) is 5.73 Å². The van der Waals surface area contributed by atoms with Crippen molar-refractivity contribution in [3.05, 3.63) is 59.4 Å². The van der Waals surface area contributed by atoms with Crippen LogP contribution in [-0.2, 0) is 11.2 Å². The van der Waals surface area contributed by atoms with Gasteiger partial charge in [0.2, 0.25) is 5.91 Å². The van der Waals surface area contributed by atoms with Gasteiger partial charge >= 0.3 is 0 Å². The van der Waals surface area contributed by atoms with E-state index in [4.69, 9.17) is 5.73 Å². The Morgan fingerprint density at radius 3 is 2.76 bits per heavy atom. The van der Waals surface area contributed by atoms with Crippen molar-refractivity contribution in [2.45, 2.75) is 19.4 Å². The normalized spacial score (nSPS) is 12.0. The lowest BCUT2D eigenvalue weighted by Crippen LogP contribution is -2.29. The van der Waals surface area contributed by atoms with Crippen LogP contribution in [0.3, 0.4) is 0 Å². The van der Waals surface area contributed by atoms with Crippen LogP contribution < -0.4 is 11.1 Å². The number of amides is 1. The van der Waals surface area contributed by atoms with E-state index in [1.807, 2.05) is 0 Å². The topological polar surface area (TPSA) is 68.0 Å². The molecule has 21 heavy (non-hydrogen) atoms. The number of anilines is 1. The summed E-state index contributed by atoms with van der Waals surface area (Å²) in [5.74, 6) is -1.44. The first kappa shape index (κ1) is 14.9. The van der Waals surface area contributed by atoms with Crippen LogP contribution in [0.15, 0.2) is 36.5 Å². The highest BCUT2D eigenvalue weighted by Crippen LogP contribution is 2.18. The number of hydrogen-bond donors (Lipinski definition) is 2. The van der Waals surface area contributed by atoms with Crippen molar-refractivity contribution in [2.24, 2.45) is 0 Å². The van der Waals surface area contributed by atoms with Gasteiger partial charge in [0.25, 0.3) is 0 Å². The second-order valence-electron chi connectivity index (χ2n) is 4.71. The van der Waals surface area contributed by atoms with E-state index in [2.05, 4.69) is 10.3 Å². The minimum absolute atomic E-state index is 0.0432. The number of carbonyl (C=O) groups excluding carboxylic acids is 1. The van der Waals surface area contributed by atoms with E-state index in [0.717, 1.165) is 18.2 Å². The Morgan fingerprint density at radius 2 is 2.10 bits per heavy atom. The van der Waals surface area contributed by atoms with E-state index in [-0.39, 0.29) is 17.9 Å². The smallest absolute Gasteiger partial charge is 0.226 e. The number of hydrogen-bond acceptors (Lipinski definition) is 3. The monoisotopic (exact) mass is 291 g/mol. The van der Waals surface area contributed by atoms with E-state index in [1.165, 1.54) is 6.20 Å². The Kier molecular flexibility index (Phi) is 4.47. The first-order chi connectivity index (χ1) is 9.95. The largest absolute Gasteiger partial charge is 0.397 e. The number of rotatable bonds is 4. The predicted octanol–water partition coefficient (Wildman–Crippen LogP) is 2.36. The molecule has 1 unspecified atom stereocenters. The summed E-state index contributed by atoms with van der Waals surface area (Å²) in [5, 5.41) is 2.61. The van der Waals surface area contributed by atoms with Crippen LogP contribution in [0.1, 0.15) is 24.2 Å². The maximum atomic E-state index is 13.6. The second kappa shape index (κ2) is 6.30. The number of benzene rings is 1. The number of aromatic nitrogens is 1. The van der Waals surface area contributed by atoms with Crippen LogP contribution in [0, 0.1) is 11.6 Å². The fourth-order valence-electron chi connectivity index (χ4n) is 1.92. The van der Waals surface area contributed by atoms with E-state index in [0.29, 0.717) is 11.4 Å². The molecule has 1 aromatic heterocycles. The van der Waals surface area contributed by atoms with Gasteiger partial charge in [-0.3, -0.25) is 9.78 Å². The molecular weight excluding hydrogens is 276 g/mol. The lowest BCUT2D eigenvalue weighted by Gasteiger charge is -2.15. The van der Waals surface area contributed by atoms with Gasteiger partial charge in [-0.2, -0.15) is 0 Å². The molecule has 0 saturated heterocycles. The molecule has 2 rings (SSSR count). The quantitative estimate of drug-likeness (QED) is 0.908. The fraction of sp³-hybridized carbons (Fsp3) is 0.200. The third-order valence-electron chi connectivity index (χ3n) is 2.99. The molecule has 0 aliphatic heterocycles. The van der Waals surface area contributed by atoms with Gasteiger partial charge in [0.15, 0.2) is 0 Å². The lowest BCUT2D eigenvalue weighted by molar-refractivity contribution is -0.121. The number of carbonyl (C=O) groups is 1. The summed E-state index contributed by atoms with van der Waals surface area (Å²) in [6.45, 7) is 1.59. The molecule has 0 spiro atoms. The average Bonchev–Trinajstić information content (AvgIpc) is 2.44. The highest BCUT2D eigenvalue weighted by Gasteiger charge is 2.15. The summed E-state index contributed by atoms with van der Waals surface area (Å²) >= 11 is 0. The van der Waals surface area contributed by atoms with Gasteiger partial charge < -0.3 is 11.1 Å². The molecule has 0 aliphatic carbocycles. The zero-order valence-corrected chi connectivity index (χ0v) is 11.4. The summed E-state index contributed by atoms with van der Waals surface area (Å²) < 4.78 is 26.7. The average molecular weight is 291 g/mol. The van der Waals surface area contributed by atoms with Gasteiger partial charge in [-0.1, -0.05) is 0 Å². The number of halogens is 2. The van der Waals surface area contributed by atoms with Crippen LogP contribution in [-0.4, -0.2) is 10.9 Å². The van der Waals surface area contributed by atoms with E-state index in [9.17, 15) is 13.6 Å². The number of nitrogens with one attached hydrogen (secondary N) is 1. The van der Waals surface area contributed by atoms with Crippen LogP contribution in [0.5, 0.6) is 0 Å².